The molecule has 62 heavy (non-hydrogen) atoms. The Morgan fingerprint density at radius 1 is 0.774 bits per heavy atom. The lowest BCUT2D eigenvalue weighted by Gasteiger charge is -2.21. The molecule has 0 aliphatic carbocycles. The van der Waals surface area contributed by atoms with Crippen LogP contribution in [0.2, 0.25) is 0 Å². The number of sulfonamides is 2. The maximum absolute atomic E-state index is 12.5. The van der Waals surface area contributed by atoms with Crippen LogP contribution in [-0.2, 0) is 20.0 Å². The van der Waals surface area contributed by atoms with Gasteiger partial charge in [0.15, 0.2) is 11.5 Å². The number of hydrogen-bond acceptors (Lipinski definition) is 13. The Bertz CT molecular complexity index is 2750. The highest BCUT2D eigenvalue weighted by molar-refractivity contribution is 14.1. The van der Waals surface area contributed by atoms with Crippen LogP contribution in [0.5, 0.6) is 34.5 Å². The number of nitrogens with one attached hydrogen (secondary N) is 2. The summed E-state index contributed by atoms with van der Waals surface area (Å²) in [5, 5.41) is 18.4. The Morgan fingerprint density at radius 2 is 1.40 bits per heavy atom. The zero-order chi connectivity index (χ0) is 45.8. The SMILES string of the molecule is CC(C)(C)NC(=O)NS(=O)(=O)c1cnccc1Oc1cccc(I)c1.Cc1ccc(Oc2ccc([N+](=O)[O-])cc2S(N)(=O)=O)c(Br)c1.Nc1cnccc1Oc1ccccc1I. The lowest BCUT2D eigenvalue weighted by atomic mass is 10.1. The van der Waals surface area contributed by atoms with Gasteiger partial charge in [0.1, 0.15) is 32.8 Å². The summed E-state index contributed by atoms with van der Waals surface area (Å²) in [6.45, 7) is 7.12. The number of benzene rings is 4. The van der Waals surface area contributed by atoms with Gasteiger partial charge in [0.25, 0.3) is 15.7 Å². The second-order valence-corrected chi connectivity index (χ2v) is 20.0. The molecule has 0 aliphatic rings. The fourth-order valence-electron chi connectivity index (χ4n) is 4.71. The van der Waals surface area contributed by atoms with Gasteiger partial charge in [0.2, 0.25) is 10.0 Å². The highest BCUT2D eigenvalue weighted by Gasteiger charge is 2.25. The smallest absolute Gasteiger partial charge is 0.329 e. The number of non-ortho nitro benzene ring substituents is 1. The molecule has 0 saturated heterocycles. The molecule has 2 heterocycles. The van der Waals surface area contributed by atoms with Crippen LogP contribution in [0.3, 0.4) is 0 Å². The van der Waals surface area contributed by atoms with E-state index >= 15 is 0 Å². The maximum Gasteiger partial charge on any atom is 0.329 e. The summed E-state index contributed by atoms with van der Waals surface area (Å²) in [6.07, 6.45) is 5.78. The van der Waals surface area contributed by atoms with Crippen molar-refractivity contribution in [2.75, 3.05) is 5.73 Å². The first-order valence-electron chi connectivity index (χ1n) is 17.6. The molecule has 6 N–H and O–H groups in total. The average Bonchev–Trinajstić information content (AvgIpc) is 3.17. The van der Waals surface area contributed by atoms with E-state index in [4.69, 9.17) is 25.1 Å². The van der Waals surface area contributed by atoms with Gasteiger partial charge < -0.3 is 25.3 Å². The minimum atomic E-state index is -4.18. The number of aromatic nitrogens is 2. The molecule has 4 aromatic carbocycles. The van der Waals surface area contributed by atoms with E-state index in [0.717, 1.165) is 36.8 Å². The van der Waals surface area contributed by atoms with Crippen LogP contribution >= 0.6 is 61.1 Å². The van der Waals surface area contributed by atoms with Gasteiger partial charge in [-0.3, -0.25) is 20.1 Å². The van der Waals surface area contributed by atoms with E-state index in [1.54, 1.807) is 75.6 Å². The number of rotatable bonds is 10. The molecule has 2 aromatic heterocycles. The van der Waals surface area contributed by atoms with E-state index in [-0.39, 0.29) is 22.1 Å². The highest BCUT2D eigenvalue weighted by Crippen LogP contribution is 2.35. The van der Waals surface area contributed by atoms with Crippen molar-refractivity contribution in [1.29, 1.82) is 0 Å². The molecule has 326 valence electrons. The predicted molar refractivity (Wildman–Crippen MR) is 253 cm³/mol. The number of pyridine rings is 2. The van der Waals surface area contributed by atoms with Gasteiger partial charge in [0.05, 0.1) is 31.0 Å². The molecule has 0 bridgehead atoms. The summed E-state index contributed by atoms with van der Waals surface area (Å²) in [6, 6.07) is 25.7. The number of nitro groups is 1. The molecule has 0 saturated carbocycles. The molecule has 6 rings (SSSR count). The summed E-state index contributed by atoms with van der Waals surface area (Å²) in [5.74, 6) is 2.27. The second kappa shape index (κ2) is 21.8. The Hall–Kier alpha value is -5.15. The van der Waals surface area contributed by atoms with E-state index < -0.39 is 41.4 Å². The molecule has 2 amide bonds. The number of nitro benzene ring substituents is 1. The fourth-order valence-corrected chi connectivity index (χ4v) is 7.95. The number of ether oxygens (including phenoxy) is 3. The van der Waals surface area contributed by atoms with Crippen LogP contribution in [0.25, 0.3) is 0 Å². The van der Waals surface area contributed by atoms with Crippen molar-refractivity contribution >= 4 is 98.6 Å². The number of carbonyl (C=O) groups excluding carboxylic acids is 1. The van der Waals surface area contributed by atoms with Crippen molar-refractivity contribution < 1.29 is 40.8 Å². The van der Waals surface area contributed by atoms with Gasteiger partial charge in [-0.1, -0.05) is 24.3 Å². The van der Waals surface area contributed by atoms with E-state index in [9.17, 15) is 31.7 Å². The first kappa shape index (κ1) is 49.5. The summed E-state index contributed by atoms with van der Waals surface area (Å²) >= 11 is 7.65. The monoisotopic (exact) mass is 1170 g/mol. The molecule has 0 atom stereocenters. The molecule has 0 unspecified atom stereocenters. The number of amides is 2. The summed E-state index contributed by atoms with van der Waals surface area (Å²) < 4.78 is 69.7. The first-order valence-corrected chi connectivity index (χ1v) is 23.6. The van der Waals surface area contributed by atoms with E-state index in [1.807, 2.05) is 42.0 Å². The number of halogens is 3. The second-order valence-electron chi connectivity index (χ2n) is 13.6. The average molecular weight is 1170 g/mol. The fraction of sp³-hybridized carbons (Fsp3) is 0.125. The molecule has 0 aliphatic heterocycles. The van der Waals surface area contributed by atoms with Crippen molar-refractivity contribution in [3.05, 3.63) is 149 Å². The molecule has 0 spiro atoms. The van der Waals surface area contributed by atoms with Gasteiger partial charge in [0, 0.05) is 45.8 Å². The number of nitrogens with two attached hydrogens (primary N) is 2. The molecular weight excluding hydrogens is 1140 g/mol. The van der Waals surface area contributed by atoms with Gasteiger partial charge >= 0.3 is 6.03 Å². The van der Waals surface area contributed by atoms with Gasteiger partial charge in [-0.25, -0.2) is 31.5 Å². The largest absolute Gasteiger partial charge is 0.456 e. The number of primary sulfonamides is 1. The molecular formula is C40H38BrI2N7O10S2. The van der Waals surface area contributed by atoms with Gasteiger partial charge in [-0.05, 0) is 143 Å². The van der Waals surface area contributed by atoms with Crippen LogP contribution in [-0.4, -0.2) is 43.3 Å². The Morgan fingerprint density at radius 3 is 2.02 bits per heavy atom. The summed E-state index contributed by atoms with van der Waals surface area (Å²) in [5.41, 5.74) is 6.28. The predicted octanol–water partition coefficient (Wildman–Crippen LogP) is 9.43. The molecule has 0 fully saturated rings. The topological polar surface area (TPSA) is 258 Å². The number of carbonyl (C=O) groups is 1. The quantitative estimate of drug-likeness (QED) is 0.0567. The Kier molecular flexibility index (Phi) is 17.4. The molecule has 6 aromatic rings. The summed E-state index contributed by atoms with van der Waals surface area (Å²) in [7, 11) is -8.32. The normalized spacial score (nSPS) is 11.1. The molecule has 0 radical (unpaired) electrons. The Balaban J connectivity index is 0.000000210. The Labute approximate surface area is 393 Å². The molecule has 17 nitrogen and oxygen atoms in total. The van der Waals surface area contributed by atoms with Crippen molar-refractivity contribution in [2.45, 2.75) is 43.0 Å². The maximum atomic E-state index is 12.5. The number of urea groups is 1. The highest BCUT2D eigenvalue weighted by atomic mass is 127. The van der Waals surface area contributed by atoms with Crippen LogP contribution in [0.15, 0.2) is 136 Å². The third-order valence-electron chi connectivity index (χ3n) is 7.39. The van der Waals surface area contributed by atoms with Gasteiger partial charge in [-0.15, -0.1) is 0 Å². The number of anilines is 1. The first-order chi connectivity index (χ1) is 29.0. The number of hydrogen-bond donors (Lipinski definition) is 4. The minimum absolute atomic E-state index is 0.0769. The van der Waals surface area contributed by atoms with Crippen molar-refractivity contribution in [1.82, 2.24) is 20.0 Å². The number of para-hydroxylation sites is 1. The van der Waals surface area contributed by atoms with Crippen LogP contribution < -0.4 is 35.1 Å². The lowest BCUT2D eigenvalue weighted by Crippen LogP contribution is -2.48. The third-order valence-corrected chi connectivity index (χ3v) is 11.8. The number of nitrogens with zero attached hydrogens (tertiary/aromatic N) is 3. The number of aryl methyl sites for hydroxylation is 1. The molecule has 22 heteroatoms. The van der Waals surface area contributed by atoms with Crippen molar-refractivity contribution in [3.8, 4) is 34.5 Å². The van der Waals surface area contributed by atoms with Crippen molar-refractivity contribution in [2.24, 2.45) is 5.14 Å². The minimum Gasteiger partial charge on any atom is -0.456 e. The lowest BCUT2D eigenvalue weighted by molar-refractivity contribution is -0.385. The van der Waals surface area contributed by atoms with E-state index in [2.05, 4.69) is 76.4 Å². The summed E-state index contributed by atoms with van der Waals surface area (Å²) in [4.78, 5) is 29.0. The number of nitrogen functional groups attached to an aromatic ring is 1. The van der Waals surface area contributed by atoms with Gasteiger partial charge in [-0.2, -0.15) is 0 Å². The zero-order valence-electron chi connectivity index (χ0n) is 33.1. The van der Waals surface area contributed by atoms with Crippen molar-refractivity contribution in [3.63, 3.8) is 0 Å². The van der Waals surface area contributed by atoms with Crippen LogP contribution in [0.4, 0.5) is 16.2 Å². The van der Waals surface area contributed by atoms with Crippen LogP contribution in [0, 0.1) is 24.2 Å². The van der Waals surface area contributed by atoms with E-state index in [1.165, 1.54) is 18.3 Å². The zero-order valence-corrected chi connectivity index (χ0v) is 40.6. The van der Waals surface area contributed by atoms with E-state index in [0.29, 0.717) is 27.4 Å². The standard InChI is InChI=1S/C16H18IN3O4S.C13H11BrN2O5S.C11H9IN2O/c1-16(2,3)19-15(21)20-25(22,23)14-10-18-8-7-13(14)24-12-6-4-5-11(17)9-12;1-8-2-4-11(10(14)6-8)21-12-5-3-9(16(17)18)7-13(12)22(15,19)20;12-8-3-1-2-4-10(8)15-11-5-6-14-7-9(11)13/h4-10H,1-3H3,(H2,19,20,21);2-7H,1H3,(H2,15,19,20);1-7H,13H2. The van der Waals surface area contributed by atoms with Crippen LogP contribution in [0.1, 0.15) is 26.3 Å². The third kappa shape index (κ3) is 15.3.